The fraction of sp³-hybridized carbons (Fsp3) is 0.812. The van der Waals surface area contributed by atoms with Crippen LogP contribution in [0.15, 0.2) is 0 Å². The van der Waals surface area contributed by atoms with Crippen LogP contribution in [0.25, 0.3) is 0 Å². The van der Waals surface area contributed by atoms with E-state index >= 15 is 0 Å². The lowest BCUT2D eigenvalue weighted by molar-refractivity contribution is -0.315. The number of hydrogen-bond acceptors (Lipinski definition) is 6. The lowest BCUT2D eigenvalue weighted by atomic mass is 10.1. The number of aliphatic carboxylic acids is 3. The summed E-state index contributed by atoms with van der Waals surface area (Å²) in [5, 5.41) is 29.1. The summed E-state index contributed by atoms with van der Waals surface area (Å²) >= 11 is 0. The zero-order valence-electron chi connectivity index (χ0n) is 13.4. The van der Waals surface area contributed by atoms with Crippen LogP contribution in [0.5, 0.6) is 0 Å². The summed E-state index contributed by atoms with van der Waals surface area (Å²) in [5.74, 6) is -3.64. The van der Waals surface area contributed by atoms with Gasteiger partial charge in [-0.15, -0.1) is 0 Å². The summed E-state index contributed by atoms with van der Waals surface area (Å²) in [6.07, 6.45) is 10.2. The third-order valence-electron chi connectivity index (χ3n) is 3.02. The number of carbonyl (C=O) groups excluding carboxylic acids is 3. The van der Waals surface area contributed by atoms with E-state index < -0.39 is 30.7 Å². The first-order chi connectivity index (χ1) is 10.4. The zero-order valence-corrected chi connectivity index (χ0v) is 13.4. The molecule has 22 heavy (non-hydrogen) atoms. The van der Waals surface area contributed by atoms with Crippen molar-refractivity contribution in [2.45, 2.75) is 84.0 Å². The van der Waals surface area contributed by atoms with Crippen molar-refractivity contribution in [2.75, 3.05) is 0 Å². The van der Waals surface area contributed by atoms with Crippen molar-refractivity contribution >= 4 is 17.9 Å². The van der Waals surface area contributed by atoms with Crippen LogP contribution in [0.3, 0.4) is 0 Å². The second kappa shape index (κ2) is 17.5. The van der Waals surface area contributed by atoms with Crippen molar-refractivity contribution in [3.63, 3.8) is 0 Å². The zero-order chi connectivity index (χ0) is 17.2. The van der Waals surface area contributed by atoms with E-state index in [2.05, 4.69) is 6.92 Å². The Morgan fingerprint density at radius 3 is 1.18 bits per heavy atom. The van der Waals surface area contributed by atoms with Crippen molar-refractivity contribution in [1.82, 2.24) is 0 Å². The fourth-order valence-electron chi connectivity index (χ4n) is 1.78. The van der Waals surface area contributed by atoms with Gasteiger partial charge in [-0.3, -0.25) is 0 Å². The molecule has 0 aromatic carbocycles. The van der Waals surface area contributed by atoms with Crippen molar-refractivity contribution in [2.24, 2.45) is 0 Å². The molecular weight excluding hydrogens is 288 g/mol. The van der Waals surface area contributed by atoms with Gasteiger partial charge in [-0.05, 0) is 25.7 Å². The van der Waals surface area contributed by atoms with Gasteiger partial charge in [0.1, 0.15) is 0 Å². The Hall–Kier alpha value is -1.59. The predicted octanol–water partition coefficient (Wildman–Crippen LogP) is -0.0764. The Morgan fingerprint density at radius 2 is 0.864 bits per heavy atom. The third-order valence-corrected chi connectivity index (χ3v) is 3.02. The highest BCUT2D eigenvalue weighted by Gasteiger charge is 1.92. The summed E-state index contributed by atoms with van der Waals surface area (Å²) in [7, 11) is 0. The van der Waals surface area contributed by atoms with Gasteiger partial charge in [0.25, 0.3) is 0 Å². The van der Waals surface area contributed by atoms with Crippen LogP contribution in [0.4, 0.5) is 0 Å². The van der Waals surface area contributed by atoms with Crippen LogP contribution in [0.1, 0.15) is 84.0 Å². The molecule has 0 bridgehead atoms. The van der Waals surface area contributed by atoms with Crippen molar-refractivity contribution in [1.29, 1.82) is 0 Å². The lowest BCUT2D eigenvalue weighted by Crippen LogP contribution is -2.27. The minimum Gasteiger partial charge on any atom is -0.550 e. The summed E-state index contributed by atoms with van der Waals surface area (Å²) in [6, 6.07) is 0. The van der Waals surface area contributed by atoms with Crippen LogP contribution >= 0.6 is 0 Å². The molecule has 0 atom stereocenters. The maximum atomic E-state index is 10.1. The summed E-state index contributed by atoms with van der Waals surface area (Å²) in [6.45, 7) is 2.22. The maximum Gasteiger partial charge on any atom is 0.0418 e. The van der Waals surface area contributed by atoms with Gasteiger partial charge in [-0.25, -0.2) is 0 Å². The third kappa shape index (κ3) is 26.9. The molecule has 0 saturated carbocycles. The van der Waals surface area contributed by atoms with Gasteiger partial charge in [0.15, 0.2) is 0 Å². The second-order valence-corrected chi connectivity index (χ2v) is 5.19. The van der Waals surface area contributed by atoms with Gasteiger partial charge in [0, 0.05) is 17.9 Å². The standard InChI is InChI=1S/C12H24O2.C4H6O4/c1-2-3-4-5-6-7-8-9-10-11-12(13)14;5-3(6)1-2-4(7)8/h2-11H2,1H3,(H,13,14);1-2H2,(H,5,6)(H,7,8)/p-3. The highest BCUT2D eigenvalue weighted by molar-refractivity contribution is 5.72. The molecule has 0 aliphatic heterocycles. The summed E-state index contributed by atoms with van der Waals surface area (Å²) in [4.78, 5) is 29.1. The van der Waals surface area contributed by atoms with E-state index in [0.717, 1.165) is 12.8 Å². The van der Waals surface area contributed by atoms with Gasteiger partial charge < -0.3 is 29.7 Å². The number of carbonyl (C=O) groups is 3. The number of rotatable bonds is 13. The van der Waals surface area contributed by atoms with Gasteiger partial charge in [-0.1, -0.05) is 58.3 Å². The van der Waals surface area contributed by atoms with E-state index in [9.17, 15) is 29.7 Å². The minimum atomic E-state index is -1.37. The highest BCUT2D eigenvalue weighted by atomic mass is 16.4. The number of hydrogen-bond donors (Lipinski definition) is 0. The minimum absolute atomic E-state index is 0.232. The average molecular weight is 315 g/mol. The predicted molar refractivity (Wildman–Crippen MR) is 76.1 cm³/mol. The van der Waals surface area contributed by atoms with Gasteiger partial charge in [0.2, 0.25) is 0 Å². The molecule has 6 heteroatoms. The van der Waals surface area contributed by atoms with Crippen LogP contribution in [0.2, 0.25) is 0 Å². The molecule has 0 aliphatic rings. The Balaban J connectivity index is 0. The Bertz CT molecular complexity index is 287. The molecule has 0 N–H and O–H groups in total. The number of unbranched alkanes of at least 4 members (excludes halogenated alkanes) is 8. The van der Waals surface area contributed by atoms with Crippen LogP contribution in [-0.4, -0.2) is 17.9 Å². The van der Waals surface area contributed by atoms with Gasteiger partial charge in [-0.2, -0.15) is 0 Å². The van der Waals surface area contributed by atoms with Crippen molar-refractivity contribution < 1.29 is 29.7 Å². The number of carboxylic acid groups (broad SMARTS) is 3. The molecule has 0 amide bonds. The quantitative estimate of drug-likeness (QED) is 0.438. The van der Waals surface area contributed by atoms with E-state index in [0.29, 0.717) is 0 Å². The molecule has 0 fully saturated rings. The van der Waals surface area contributed by atoms with Gasteiger partial charge in [0.05, 0.1) is 0 Å². The molecule has 0 aliphatic carbocycles. The molecule has 0 heterocycles. The molecule has 0 aromatic rings. The smallest absolute Gasteiger partial charge is 0.0418 e. The SMILES string of the molecule is CCCCCCCCCCCC(=O)[O-].O=C([O-])CCC(=O)[O-]. The average Bonchev–Trinajstić information content (AvgIpc) is 2.44. The first-order valence-corrected chi connectivity index (χ1v) is 7.99. The van der Waals surface area contributed by atoms with E-state index in [1.165, 1.54) is 44.9 Å². The highest BCUT2D eigenvalue weighted by Crippen LogP contribution is 2.10. The van der Waals surface area contributed by atoms with Crippen LogP contribution in [-0.2, 0) is 14.4 Å². The largest absolute Gasteiger partial charge is 0.550 e. The van der Waals surface area contributed by atoms with E-state index in [4.69, 9.17) is 0 Å². The molecule has 0 rings (SSSR count). The molecular formula is C16H27O6-3. The van der Waals surface area contributed by atoms with E-state index in [-0.39, 0.29) is 6.42 Å². The van der Waals surface area contributed by atoms with E-state index in [1.807, 2.05) is 0 Å². The monoisotopic (exact) mass is 315 g/mol. The lowest BCUT2D eigenvalue weighted by Gasteiger charge is -2.02. The topological polar surface area (TPSA) is 120 Å². The molecule has 0 unspecified atom stereocenters. The van der Waals surface area contributed by atoms with Crippen LogP contribution in [0, 0.1) is 0 Å². The van der Waals surface area contributed by atoms with E-state index in [1.54, 1.807) is 0 Å². The van der Waals surface area contributed by atoms with Crippen molar-refractivity contribution in [3.05, 3.63) is 0 Å². The molecule has 130 valence electrons. The van der Waals surface area contributed by atoms with Crippen LogP contribution < -0.4 is 15.3 Å². The fourth-order valence-corrected chi connectivity index (χ4v) is 1.78. The number of carboxylic acids is 3. The molecule has 6 nitrogen and oxygen atoms in total. The first kappa shape index (κ1) is 22.7. The van der Waals surface area contributed by atoms with Crippen molar-refractivity contribution in [3.8, 4) is 0 Å². The Morgan fingerprint density at radius 1 is 0.545 bits per heavy atom. The first-order valence-electron chi connectivity index (χ1n) is 7.99. The Labute approximate surface area is 132 Å². The second-order valence-electron chi connectivity index (χ2n) is 5.19. The molecule has 0 spiro atoms. The molecule has 0 radical (unpaired) electrons. The van der Waals surface area contributed by atoms with Gasteiger partial charge >= 0.3 is 0 Å². The molecule has 0 saturated heterocycles. The Kier molecular flexibility index (Phi) is 18.0. The maximum absolute atomic E-state index is 10.1. The summed E-state index contributed by atoms with van der Waals surface area (Å²) < 4.78 is 0. The molecule has 0 aromatic heterocycles. The normalized spacial score (nSPS) is 9.68. The summed E-state index contributed by atoms with van der Waals surface area (Å²) in [5.41, 5.74) is 0.